The summed E-state index contributed by atoms with van der Waals surface area (Å²) in [6, 6.07) is 12.9. The molecule has 0 spiro atoms. The third-order valence-electron chi connectivity index (χ3n) is 3.05. The van der Waals surface area contributed by atoms with Crippen molar-refractivity contribution in [2.45, 2.75) is 31.2 Å². The Bertz CT molecular complexity index is 818. The molecule has 0 aliphatic rings. The highest BCUT2D eigenvalue weighted by Gasteiger charge is 2.21. The number of carbonyl (C=O) groups is 1. The number of nitrogens with one attached hydrogen (secondary N) is 1. The fourth-order valence-corrected chi connectivity index (χ4v) is 3.54. The summed E-state index contributed by atoms with van der Waals surface area (Å²) in [5.41, 5.74) is 1.10. The summed E-state index contributed by atoms with van der Waals surface area (Å²) in [5, 5.41) is 9.03. The van der Waals surface area contributed by atoms with E-state index in [0.29, 0.717) is 0 Å². The first-order valence-electron chi connectivity index (χ1n) is 7.06. The zero-order valence-corrected chi connectivity index (χ0v) is 14.0. The van der Waals surface area contributed by atoms with Gasteiger partial charge in [-0.1, -0.05) is 24.3 Å². The molecule has 2 rings (SSSR count). The largest absolute Gasteiger partial charge is 0.478 e. The van der Waals surface area contributed by atoms with E-state index < -0.39 is 21.5 Å². The van der Waals surface area contributed by atoms with Crippen molar-refractivity contribution in [3.63, 3.8) is 0 Å². The van der Waals surface area contributed by atoms with E-state index >= 15 is 0 Å². The van der Waals surface area contributed by atoms with Gasteiger partial charge in [0.05, 0.1) is 10.5 Å². The molecule has 5 nitrogen and oxygen atoms in total. The van der Waals surface area contributed by atoms with Gasteiger partial charge in [0.25, 0.3) is 0 Å². The average molecular weight is 333 g/mol. The predicted molar refractivity (Wildman–Crippen MR) is 88.9 cm³/mol. The van der Waals surface area contributed by atoms with E-state index in [4.69, 9.17) is 5.11 Å². The minimum absolute atomic E-state index is 0.172. The zero-order valence-electron chi connectivity index (χ0n) is 13.2. The maximum Gasteiger partial charge on any atom is 0.335 e. The maximum absolute atomic E-state index is 12.3. The van der Waals surface area contributed by atoms with Crippen molar-refractivity contribution < 1.29 is 18.3 Å². The van der Waals surface area contributed by atoms with Crippen LogP contribution in [-0.2, 0) is 10.0 Å². The highest BCUT2D eigenvalue weighted by Crippen LogP contribution is 2.23. The summed E-state index contributed by atoms with van der Waals surface area (Å²) in [6.07, 6.45) is 0. The number of aromatic carboxylic acids is 1. The fraction of sp³-hybridized carbons (Fsp3) is 0.235. The molecule has 0 bridgehead atoms. The number of hydrogen-bond acceptors (Lipinski definition) is 3. The SMILES string of the molecule is CC(C)(C)NS(=O)(=O)c1ccc(-c2cccc(C(=O)O)c2)cc1. The molecule has 122 valence electrons. The highest BCUT2D eigenvalue weighted by atomic mass is 32.2. The van der Waals surface area contributed by atoms with Gasteiger partial charge in [0.2, 0.25) is 10.0 Å². The van der Waals surface area contributed by atoms with Crippen LogP contribution in [-0.4, -0.2) is 25.0 Å². The molecule has 6 heteroatoms. The molecule has 0 aliphatic carbocycles. The molecule has 0 saturated heterocycles. The molecule has 2 aromatic carbocycles. The topological polar surface area (TPSA) is 83.5 Å². The van der Waals surface area contributed by atoms with Crippen molar-refractivity contribution in [3.05, 3.63) is 54.1 Å². The number of sulfonamides is 1. The van der Waals surface area contributed by atoms with Gasteiger partial charge in [0.15, 0.2) is 0 Å². The number of carboxylic acids is 1. The first-order valence-corrected chi connectivity index (χ1v) is 8.55. The Balaban J connectivity index is 2.33. The summed E-state index contributed by atoms with van der Waals surface area (Å²) in [7, 11) is -3.58. The van der Waals surface area contributed by atoms with E-state index in [0.717, 1.165) is 11.1 Å². The molecule has 0 fully saturated rings. The summed E-state index contributed by atoms with van der Waals surface area (Å²) in [6.45, 7) is 5.32. The van der Waals surface area contributed by atoms with E-state index in [1.165, 1.54) is 18.2 Å². The predicted octanol–water partition coefficient (Wildman–Crippen LogP) is 3.13. The second kappa shape index (κ2) is 6.14. The molecule has 2 N–H and O–H groups in total. The number of rotatable bonds is 4. The van der Waals surface area contributed by atoms with Crippen molar-refractivity contribution in [1.29, 1.82) is 0 Å². The quantitative estimate of drug-likeness (QED) is 0.900. The third kappa shape index (κ3) is 4.40. The van der Waals surface area contributed by atoms with E-state index in [1.807, 2.05) is 0 Å². The smallest absolute Gasteiger partial charge is 0.335 e. The Kier molecular flexibility index (Phi) is 4.58. The standard InChI is InChI=1S/C17H19NO4S/c1-17(2,3)18-23(21,22)15-9-7-12(8-10-15)13-5-4-6-14(11-13)16(19)20/h4-11,18H,1-3H3,(H,19,20). The lowest BCUT2D eigenvalue weighted by Gasteiger charge is -2.20. The second-order valence-corrected chi connectivity index (χ2v) is 7.95. The van der Waals surface area contributed by atoms with Gasteiger partial charge in [-0.3, -0.25) is 0 Å². The minimum atomic E-state index is -3.58. The maximum atomic E-state index is 12.3. The Hall–Kier alpha value is -2.18. The minimum Gasteiger partial charge on any atom is -0.478 e. The molecule has 0 saturated carbocycles. The van der Waals surface area contributed by atoms with E-state index in [-0.39, 0.29) is 10.5 Å². The van der Waals surface area contributed by atoms with Crippen LogP contribution in [0.5, 0.6) is 0 Å². The molecule has 0 heterocycles. The van der Waals surface area contributed by atoms with E-state index in [1.54, 1.807) is 51.1 Å². The molecule has 0 radical (unpaired) electrons. The van der Waals surface area contributed by atoms with Gasteiger partial charge < -0.3 is 5.11 Å². The summed E-state index contributed by atoms with van der Waals surface area (Å²) in [5.74, 6) is -1.000. The molecule has 23 heavy (non-hydrogen) atoms. The van der Waals surface area contributed by atoms with Crippen LogP contribution in [0, 0.1) is 0 Å². The Morgan fingerprint density at radius 1 is 1.00 bits per heavy atom. The lowest BCUT2D eigenvalue weighted by Crippen LogP contribution is -2.40. The molecular formula is C17H19NO4S. The zero-order chi connectivity index (χ0) is 17.3. The van der Waals surface area contributed by atoms with Crippen molar-refractivity contribution in [2.24, 2.45) is 0 Å². The van der Waals surface area contributed by atoms with Crippen LogP contribution in [0.2, 0.25) is 0 Å². The van der Waals surface area contributed by atoms with Crippen LogP contribution in [0.25, 0.3) is 11.1 Å². The number of benzene rings is 2. The summed E-state index contributed by atoms with van der Waals surface area (Å²) >= 11 is 0. The molecule has 0 aromatic heterocycles. The van der Waals surface area contributed by atoms with Gasteiger partial charge in [-0.25, -0.2) is 17.9 Å². The van der Waals surface area contributed by atoms with E-state index in [2.05, 4.69) is 4.72 Å². The van der Waals surface area contributed by atoms with Crippen molar-refractivity contribution in [3.8, 4) is 11.1 Å². The molecule has 2 aromatic rings. The van der Waals surface area contributed by atoms with Crippen LogP contribution < -0.4 is 4.72 Å². The van der Waals surface area contributed by atoms with Crippen LogP contribution in [0.1, 0.15) is 31.1 Å². The van der Waals surface area contributed by atoms with Crippen LogP contribution in [0.3, 0.4) is 0 Å². The first kappa shape index (κ1) is 17.2. The van der Waals surface area contributed by atoms with E-state index in [9.17, 15) is 13.2 Å². The first-order chi connectivity index (χ1) is 10.6. The molecule has 0 atom stereocenters. The molecule has 0 aliphatic heterocycles. The molecule has 0 amide bonds. The molecule has 0 unspecified atom stereocenters. The monoisotopic (exact) mass is 333 g/mol. The van der Waals surface area contributed by atoms with Crippen LogP contribution in [0.4, 0.5) is 0 Å². The second-order valence-electron chi connectivity index (χ2n) is 6.27. The van der Waals surface area contributed by atoms with Gasteiger partial charge >= 0.3 is 5.97 Å². The fourth-order valence-electron chi connectivity index (χ4n) is 2.12. The van der Waals surface area contributed by atoms with Crippen molar-refractivity contribution in [2.75, 3.05) is 0 Å². The van der Waals surface area contributed by atoms with Gasteiger partial charge in [-0.2, -0.15) is 0 Å². The average Bonchev–Trinajstić information content (AvgIpc) is 2.45. The Morgan fingerprint density at radius 3 is 2.13 bits per heavy atom. The highest BCUT2D eigenvalue weighted by molar-refractivity contribution is 7.89. The molecular weight excluding hydrogens is 314 g/mol. The number of hydrogen-bond donors (Lipinski definition) is 2. The third-order valence-corrected chi connectivity index (χ3v) is 4.82. The Morgan fingerprint density at radius 2 is 1.61 bits per heavy atom. The van der Waals surface area contributed by atoms with Gasteiger partial charge in [0, 0.05) is 5.54 Å². The van der Waals surface area contributed by atoms with Crippen LogP contribution in [0.15, 0.2) is 53.4 Å². The Labute approximate surface area is 136 Å². The van der Waals surface area contributed by atoms with Gasteiger partial charge in [0.1, 0.15) is 0 Å². The lowest BCUT2D eigenvalue weighted by atomic mass is 10.0. The van der Waals surface area contributed by atoms with Gasteiger partial charge in [-0.15, -0.1) is 0 Å². The summed E-state index contributed by atoms with van der Waals surface area (Å²) in [4.78, 5) is 11.2. The summed E-state index contributed by atoms with van der Waals surface area (Å²) < 4.78 is 27.1. The number of carboxylic acid groups (broad SMARTS) is 1. The van der Waals surface area contributed by atoms with Crippen molar-refractivity contribution in [1.82, 2.24) is 4.72 Å². The van der Waals surface area contributed by atoms with Crippen LogP contribution >= 0.6 is 0 Å². The lowest BCUT2D eigenvalue weighted by molar-refractivity contribution is 0.0697. The normalized spacial score (nSPS) is 12.1. The van der Waals surface area contributed by atoms with Crippen molar-refractivity contribution >= 4 is 16.0 Å². The van der Waals surface area contributed by atoms with Gasteiger partial charge in [-0.05, 0) is 56.2 Å².